The lowest BCUT2D eigenvalue weighted by Gasteiger charge is -2.34. The maximum atomic E-state index is 12.7. The molecule has 1 aliphatic carbocycles. The third kappa shape index (κ3) is 5.89. The van der Waals surface area contributed by atoms with E-state index in [1.165, 1.54) is 43.2 Å². The van der Waals surface area contributed by atoms with E-state index in [1.807, 2.05) is 43.3 Å². The van der Waals surface area contributed by atoms with Gasteiger partial charge in [-0.05, 0) is 49.9 Å². The Bertz CT molecular complexity index is 1010. The maximum absolute atomic E-state index is 12.7. The molecule has 1 aromatic heterocycles. The van der Waals surface area contributed by atoms with Crippen molar-refractivity contribution in [3.05, 3.63) is 94.9 Å². The van der Waals surface area contributed by atoms with Crippen molar-refractivity contribution in [3.63, 3.8) is 0 Å². The Morgan fingerprint density at radius 2 is 1.78 bits per heavy atom. The molecule has 0 radical (unpaired) electrons. The van der Waals surface area contributed by atoms with Crippen LogP contribution in [0.1, 0.15) is 78.1 Å². The van der Waals surface area contributed by atoms with Crippen LogP contribution in [-0.4, -0.2) is 16.8 Å². The number of hydrogen-bond donors (Lipinski definition) is 1. The molecular weight excluding hydrogens is 396 g/mol. The molecule has 4 nitrogen and oxygen atoms in total. The number of aryl methyl sites for hydroxylation is 1. The fourth-order valence-corrected chi connectivity index (χ4v) is 4.68. The summed E-state index contributed by atoms with van der Waals surface area (Å²) in [6.45, 7) is 5.76. The van der Waals surface area contributed by atoms with Gasteiger partial charge in [0.15, 0.2) is 5.76 Å². The zero-order chi connectivity index (χ0) is 22.3. The maximum Gasteiger partial charge on any atom is 0.287 e. The summed E-state index contributed by atoms with van der Waals surface area (Å²) in [6, 6.07) is 23.0. The van der Waals surface area contributed by atoms with Crippen LogP contribution in [0.15, 0.2) is 71.1 Å². The molecule has 4 rings (SSSR count). The summed E-state index contributed by atoms with van der Waals surface area (Å²) in [5, 5.41) is 3.04. The molecule has 32 heavy (non-hydrogen) atoms. The second-order valence-electron chi connectivity index (χ2n) is 9.06. The van der Waals surface area contributed by atoms with Gasteiger partial charge in [-0.2, -0.15) is 0 Å². The summed E-state index contributed by atoms with van der Waals surface area (Å²) < 4.78 is 6.01. The Morgan fingerprint density at radius 1 is 1.00 bits per heavy atom. The van der Waals surface area contributed by atoms with Crippen molar-refractivity contribution < 1.29 is 9.21 Å². The third-order valence-electron chi connectivity index (χ3n) is 6.45. The number of hydrogen-bond acceptors (Lipinski definition) is 3. The van der Waals surface area contributed by atoms with Gasteiger partial charge in [0.2, 0.25) is 0 Å². The minimum absolute atomic E-state index is 0.0719. The fraction of sp³-hybridized carbons (Fsp3) is 0.393. The van der Waals surface area contributed by atoms with Crippen molar-refractivity contribution in [2.24, 2.45) is 0 Å². The van der Waals surface area contributed by atoms with Gasteiger partial charge in [0.25, 0.3) is 5.91 Å². The highest BCUT2D eigenvalue weighted by Crippen LogP contribution is 2.26. The van der Waals surface area contributed by atoms with E-state index in [-0.39, 0.29) is 11.9 Å². The zero-order valence-corrected chi connectivity index (χ0v) is 19.2. The van der Waals surface area contributed by atoms with Crippen molar-refractivity contribution in [1.29, 1.82) is 0 Å². The summed E-state index contributed by atoms with van der Waals surface area (Å²) >= 11 is 0. The predicted octanol–water partition coefficient (Wildman–Crippen LogP) is 6.41. The molecule has 1 amide bonds. The first kappa shape index (κ1) is 22.3. The van der Waals surface area contributed by atoms with Crippen molar-refractivity contribution in [3.8, 4) is 0 Å². The van der Waals surface area contributed by atoms with Crippen LogP contribution in [0.25, 0.3) is 0 Å². The van der Waals surface area contributed by atoms with Gasteiger partial charge in [-0.1, -0.05) is 79.4 Å². The monoisotopic (exact) mass is 430 g/mol. The molecule has 0 unspecified atom stereocenters. The lowest BCUT2D eigenvalue weighted by molar-refractivity contribution is 0.0902. The first-order valence-electron chi connectivity index (χ1n) is 11.8. The Morgan fingerprint density at radius 3 is 2.53 bits per heavy atom. The molecule has 1 fully saturated rings. The molecule has 4 heteroatoms. The third-order valence-corrected chi connectivity index (χ3v) is 6.45. The van der Waals surface area contributed by atoms with Gasteiger partial charge in [-0.15, -0.1) is 0 Å². The Kier molecular flexibility index (Phi) is 7.43. The number of nitrogens with zero attached hydrogens (tertiary/aromatic N) is 1. The highest BCUT2D eigenvalue weighted by atomic mass is 16.4. The normalized spacial score (nSPS) is 15.6. The van der Waals surface area contributed by atoms with Gasteiger partial charge in [0, 0.05) is 12.6 Å². The van der Waals surface area contributed by atoms with Crippen LogP contribution in [0.3, 0.4) is 0 Å². The van der Waals surface area contributed by atoms with Crippen molar-refractivity contribution in [2.75, 3.05) is 0 Å². The molecule has 0 bridgehead atoms. The Hall–Kier alpha value is -2.85. The van der Waals surface area contributed by atoms with E-state index in [9.17, 15) is 4.79 Å². The fourth-order valence-electron chi connectivity index (χ4n) is 4.68. The summed E-state index contributed by atoms with van der Waals surface area (Å²) in [7, 11) is 0. The first-order chi connectivity index (χ1) is 15.6. The van der Waals surface area contributed by atoms with Gasteiger partial charge in [0.05, 0.1) is 12.6 Å². The average Bonchev–Trinajstić information content (AvgIpc) is 3.29. The molecule has 1 N–H and O–H groups in total. The number of furan rings is 1. The van der Waals surface area contributed by atoms with Crippen LogP contribution < -0.4 is 5.32 Å². The summed E-state index contributed by atoms with van der Waals surface area (Å²) in [5.41, 5.74) is 3.70. The van der Waals surface area contributed by atoms with Crippen molar-refractivity contribution >= 4 is 5.91 Å². The second-order valence-corrected chi connectivity index (χ2v) is 9.06. The molecular formula is C28H34N2O2. The predicted molar refractivity (Wildman–Crippen MR) is 128 cm³/mol. The topological polar surface area (TPSA) is 45.5 Å². The van der Waals surface area contributed by atoms with E-state index in [4.69, 9.17) is 4.42 Å². The molecule has 0 saturated heterocycles. The van der Waals surface area contributed by atoms with Gasteiger partial charge < -0.3 is 9.73 Å². The molecule has 0 spiro atoms. The van der Waals surface area contributed by atoms with Gasteiger partial charge in [0.1, 0.15) is 5.76 Å². The van der Waals surface area contributed by atoms with Crippen LogP contribution in [-0.2, 0) is 13.1 Å². The number of amides is 1. The minimum atomic E-state index is -0.171. The smallest absolute Gasteiger partial charge is 0.287 e. The standard InChI is InChI=1S/C28H34N2O2/c1-21-10-9-11-23(18-21)19-30(25-14-7-4-8-15-25)20-26-16-17-27(32-26)28(31)29-22(2)24-12-5-3-6-13-24/h3,5-6,9-13,16-18,22,25H,4,7-8,14-15,19-20H2,1-2H3,(H,29,31)/t22-/m1/s1. The molecule has 168 valence electrons. The highest BCUT2D eigenvalue weighted by molar-refractivity contribution is 5.91. The van der Waals surface area contributed by atoms with Crippen molar-refractivity contribution in [1.82, 2.24) is 10.2 Å². The lowest BCUT2D eigenvalue weighted by atomic mass is 9.93. The average molecular weight is 431 g/mol. The van der Waals surface area contributed by atoms with Gasteiger partial charge in [-0.3, -0.25) is 9.69 Å². The molecule has 2 aromatic carbocycles. The number of carbonyl (C=O) groups excluding carboxylic acids is 1. The molecule has 1 heterocycles. The summed E-state index contributed by atoms with van der Waals surface area (Å²) in [5.74, 6) is 1.05. The van der Waals surface area contributed by atoms with Gasteiger partial charge >= 0.3 is 0 Å². The first-order valence-corrected chi connectivity index (χ1v) is 11.8. The van der Waals surface area contributed by atoms with E-state index in [0.29, 0.717) is 11.8 Å². The highest BCUT2D eigenvalue weighted by Gasteiger charge is 2.23. The van der Waals surface area contributed by atoms with Crippen LogP contribution in [0.2, 0.25) is 0 Å². The second kappa shape index (κ2) is 10.6. The van der Waals surface area contributed by atoms with E-state index in [2.05, 4.69) is 41.4 Å². The summed E-state index contributed by atoms with van der Waals surface area (Å²) in [6.07, 6.45) is 6.37. The number of rotatable bonds is 8. The van der Waals surface area contributed by atoms with E-state index >= 15 is 0 Å². The van der Waals surface area contributed by atoms with Crippen LogP contribution in [0.4, 0.5) is 0 Å². The SMILES string of the molecule is Cc1cccc(CN(Cc2ccc(C(=O)N[C@H](C)c3ccccc3)o2)C2CCCCC2)c1. The number of carbonyl (C=O) groups is 1. The zero-order valence-electron chi connectivity index (χ0n) is 19.2. The van der Waals surface area contributed by atoms with Crippen molar-refractivity contribution in [2.45, 2.75) is 71.1 Å². The quantitative estimate of drug-likeness (QED) is 0.449. The minimum Gasteiger partial charge on any atom is -0.455 e. The molecule has 1 aliphatic rings. The molecule has 1 atom stereocenters. The van der Waals surface area contributed by atoms with Crippen LogP contribution >= 0.6 is 0 Å². The number of benzene rings is 2. The lowest BCUT2D eigenvalue weighted by Crippen LogP contribution is -2.35. The van der Waals surface area contributed by atoms with E-state index in [1.54, 1.807) is 6.07 Å². The molecule has 1 saturated carbocycles. The number of nitrogens with one attached hydrogen (secondary N) is 1. The Balaban J connectivity index is 1.44. The van der Waals surface area contributed by atoms with E-state index in [0.717, 1.165) is 24.4 Å². The Labute approximate surface area is 191 Å². The molecule has 0 aliphatic heterocycles. The van der Waals surface area contributed by atoms with E-state index < -0.39 is 0 Å². The van der Waals surface area contributed by atoms with Gasteiger partial charge in [-0.25, -0.2) is 0 Å². The largest absolute Gasteiger partial charge is 0.455 e. The van der Waals surface area contributed by atoms with Crippen LogP contribution in [0, 0.1) is 6.92 Å². The summed E-state index contributed by atoms with van der Waals surface area (Å²) in [4.78, 5) is 15.3. The molecule has 3 aromatic rings. The van der Waals surface area contributed by atoms with Crippen LogP contribution in [0.5, 0.6) is 0 Å².